The highest BCUT2D eigenvalue weighted by Gasteiger charge is 2.34. The van der Waals surface area contributed by atoms with Gasteiger partial charge in [0.25, 0.3) is 5.91 Å². The zero-order chi connectivity index (χ0) is 25.7. The summed E-state index contributed by atoms with van der Waals surface area (Å²) in [6.07, 6.45) is 3.73. The number of nitrogens with one attached hydrogen (secondary N) is 1. The number of benzene rings is 2. The summed E-state index contributed by atoms with van der Waals surface area (Å²) in [5.41, 5.74) is 0.633. The van der Waals surface area contributed by atoms with Crippen LogP contribution in [0.15, 0.2) is 58.8 Å². The second-order valence-corrected chi connectivity index (χ2v) is 8.19. The molecule has 1 N–H and O–H groups in total. The minimum absolute atomic E-state index is 0.0718. The van der Waals surface area contributed by atoms with Gasteiger partial charge in [0.1, 0.15) is 5.76 Å². The maximum atomic E-state index is 12.5. The number of hydroxylamine groups is 2. The van der Waals surface area contributed by atoms with Crippen molar-refractivity contribution in [2.24, 2.45) is 4.99 Å². The van der Waals surface area contributed by atoms with Crippen molar-refractivity contribution in [3.63, 3.8) is 0 Å². The highest BCUT2D eigenvalue weighted by Crippen LogP contribution is 2.38. The highest BCUT2D eigenvalue weighted by molar-refractivity contribution is 6.33. The van der Waals surface area contributed by atoms with Crippen molar-refractivity contribution < 1.29 is 28.6 Å². The summed E-state index contributed by atoms with van der Waals surface area (Å²) < 4.78 is 22.7. The Labute approximate surface area is 214 Å². The predicted molar refractivity (Wildman–Crippen MR) is 136 cm³/mol. The van der Waals surface area contributed by atoms with Crippen LogP contribution in [-0.2, 0) is 9.63 Å². The minimum atomic E-state index is -0.537. The van der Waals surface area contributed by atoms with Gasteiger partial charge in [0.15, 0.2) is 34.7 Å². The van der Waals surface area contributed by atoms with Gasteiger partial charge in [-0.1, -0.05) is 23.7 Å². The van der Waals surface area contributed by atoms with E-state index in [1.54, 1.807) is 32.2 Å². The Balaban J connectivity index is 1.45. The molecule has 0 saturated heterocycles. The molecular weight excluding hydrogens is 486 g/mol. The number of carbonyl (C=O) groups excluding carboxylic acids is 1. The number of hydrogen-bond donors (Lipinski definition) is 1. The van der Waals surface area contributed by atoms with Gasteiger partial charge < -0.3 is 23.8 Å². The lowest BCUT2D eigenvalue weighted by molar-refractivity contribution is -0.114. The molecule has 0 fully saturated rings. The summed E-state index contributed by atoms with van der Waals surface area (Å²) in [5, 5.41) is 9.90. The van der Waals surface area contributed by atoms with Gasteiger partial charge in [-0.3, -0.25) is 10.2 Å². The number of rotatable bonds is 10. The quantitative estimate of drug-likeness (QED) is 0.352. The van der Waals surface area contributed by atoms with Crippen molar-refractivity contribution in [3.8, 4) is 23.0 Å². The lowest BCUT2D eigenvalue weighted by Gasteiger charge is -2.23. The van der Waals surface area contributed by atoms with E-state index in [9.17, 15) is 4.79 Å². The molecule has 2 aliphatic heterocycles. The summed E-state index contributed by atoms with van der Waals surface area (Å²) in [7, 11) is 1.60. The molecule has 4 rings (SSSR count). The van der Waals surface area contributed by atoms with Crippen molar-refractivity contribution in [3.05, 3.63) is 64.4 Å². The van der Waals surface area contributed by atoms with Crippen LogP contribution in [0.25, 0.3) is 6.08 Å². The summed E-state index contributed by atoms with van der Waals surface area (Å²) in [6.45, 7) is 4.72. The third kappa shape index (κ3) is 5.46. The fraction of sp³-hybridized carbons (Fsp3) is 0.269. The van der Waals surface area contributed by atoms with Crippen LogP contribution in [0.1, 0.15) is 25.8 Å². The number of hydrogen-bond acceptors (Lipinski definition) is 7. The monoisotopic (exact) mass is 511 g/mol. The van der Waals surface area contributed by atoms with E-state index in [4.69, 9.17) is 40.8 Å². The van der Waals surface area contributed by atoms with E-state index < -0.39 is 5.91 Å². The number of amides is 1. The maximum absolute atomic E-state index is 12.5. The largest absolute Gasteiger partial charge is 0.493 e. The number of methoxy groups -OCH3 is 1. The third-order valence-electron chi connectivity index (χ3n) is 5.18. The number of fused-ring (bicyclic) bond motifs is 1. The molecule has 0 aliphatic carbocycles. The predicted octanol–water partition coefficient (Wildman–Crippen LogP) is 5.05. The zero-order valence-corrected chi connectivity index (χ0v) is 20.9. The van der Waals surface area contributed by atoms with Crippen molar-refractivity contribution in [1.82, 2.24) is 5.06 Å². The number of ether oxygens (including phenoxy) is 4. The van der Waals surface area contributed by atoms with Gasteiger partial charge in [-0.2, -0.15) is 4.99 Å². The molecule has 0 atom stereocenters. The summed E-state index contributed by atoms with van der Waals surface area (Å²) in [4.78, 5) is 22.0. The molecule has 2 aromatic rings. The number of allylic oxidation sites excluding steroid dienone is 1. The standard InChI is InChI=1S/C26H26ClN3O6/c1-4-33-22-15-17(13-18-25(28)30-23(29-26(18)31)12-16(2)36-30)14-19(27)24(22)35-11-7-10-34-21-9-6-5-8-20(21)32-3/h5-6,8-9,12-15,28H,4,7,10-11H2,1-3H3/b18-13-,28-25?. The second kappa shape index (κ2) is 11.2. The minimum Gasteiger partial charge on any atom is -0.493 e. The van der Waals surface area contributed by atoms with E-state index in [0.29, 0.717) is 65.6 Å². The van der Waals surface area contributed by atoms with Gasteiger partial charge in [-0.25, -0.2) is 0 Å². The van der Waals surface area contributed by atoms with Crippen LogP contribution >= 0.6 is 11.6 Å². The van der Waals surface area contributed by atoms with Gasteiger partial charge in [0.2, 0.25) is 0 Å². The van der Waals surface area contributed by atoms with Crippen LogP contribution in [0.3, 0.4) is 0 Å². The SMILES string of the molecule is CCOc1cc(/C=C2/C(=N)N3OC(C)=CC3=NC2=O)cc(Cl)c1OCCCOc1ccccc1OC. The number of para-hydroxylation sites is 2. The molecule has 10 heteroatoms. The first-order valence-electron chi connectivity index (χ1n) is 11.4. The molecule has 0 spiro atoms. The first kappa shape index (κ1) is 25.1. The molecule has 36 heavy (non-hydrogen) atoms. The molecule has 0 unspecified atom stereocenters. The smallest absolute Gasteiger partial charge is 0.282 e. The number of halogens is 1. The van der Waals surface area contributed by atoms with Crippen LogP contribution in [0, 0.1) is 5.41 Å². The van der Waals surface area contributed by atoms with Gasteiger partial charge >= 0.3 is 0 Å². The molecular formula is C26H26ClN3O6. The second-order valence-electron chi connectivity index (χ2n) is 7.79. The first-order chi connectivity index (χ1) is 17.4. The van der Waals surface area contributed by atoms with E-state index in [0.717, 1.165) is 0 Å². The fourth-order valence-corrected chi connectivity index (χ4v) is 3.87. The molecule has 1 amide bonds. The lowest BCUT2D eigenvalue weighted by Crippen LogP contribution is -2.38. The van der Waals surface area contributed by atoms with E-state index in [1.807, 2.05) is 31.2 Å². The number of aliphatic imine (C=N–C) groups is 1. The Morgan fingerprint density at radius 3 is 2.61 bits per heavy atom. The Morgan fingerprint density at radius 1 is 1.11 bits per heavy atom. The molecule has 0 saturated carbocycles. The molecule has 2 aromatic carbocycles. The third-order valence-corrected chi connectivity index (χ3v) is 5.47. The average Bonchev–Trinajstić information content (AvgIpc) is 3.23. The summed E-state index contributed by atoms with van der Waals surface area (Å²) in [6, 6.07) is 10.8. The van der Waals surface area contributed by atoms with Gasteiger partial charge in [-0.15, -0.1) is 5.06 Å². The van der Waals surface area contributed by atoms with E-state index in [1.165, 1.54) is 11.1 Å². The van der Waals surface area contributed by atoms with Crippen molar-refractivity contribution in [1.29, 1.82) is 5.41 Å². The topological polar surface area (TPSA) is 103 Å². The van der Waals surface area contributed by atoms with Gasteiger partial charge in [0.05, 0.1) is 37.5 Å². The van der Waals surface area contributed by atoms with Crippen LogP contribution in [0.5, 0.6) is 23.0 Å². The molecule has 2 aliphatic rings. The van der Waals surface area contributed by atoms with Crippen molar-refractivity contribution >= 4 is 35.3 Å². The van der Waals surface area contributed by atoms with Crippen LogP contribution < -0.4 is 18.9 Å². The number of amidine groups is 2. The van der Waals surface area contributed by atoms with Crippen molar-refractivity contribution in [2.75, 3.05) is 26.9 Å². The van der Waals surface area contributed by atoms with Gasteiger partial charge in [0, 0.05) is 12.5 Å². The van der Waals surface area contributed by atoms with E-state index in [2.05, 4.69) is 4.99 Å². The molecule has 2 heterocycles. The first-order valence-corrected chi connectivity index (χ1v) is 11.7. The molecule has 0 aromatic heterocycles. The van der Waals surface area contributed by atoms with Crippen molar-refractivity contribution in [2.45, 2.75) is 20.3 Å². The Morgan fingerprint density at radius 2 is 1.86 bits per heavy atom. The Bertz CT molecular complexity index is 1270. The normalized spacial score (nSPS) is 15.8. The molecule has 9 nitrogen and oxygen atoms in total. The molecule has 0 radical (unpaired) electrons. The van der Waals surface area contributed by atoms with Gasteiger partial charge in [-0.05, 0) is 49.8 Å². The van der Waals surface area contributed by atoms with Crippen LogP contribution in [0.4, 0.5) is 0 Å². The lowest BCUT2D eigenvalue weighted by atomic mass is 10.1. The molecule has 188 valence electrons. The van der Waals surface area contributed by atoms with Crippen LogP contribution in [0.2, 0.25) is 5.02 Å². The highest BCUT2D eigenvalue weighted by atomic mass is 35.5. The Hall–Kier alpha value is -3.98. The fourth-order valence-electron chi connectivity index (χ4n) is 3.59. The Kier molecular flexibility index (Phi) is 7.80. The summed E-state index contributed by atoms with van der Waals surface area (Å²) >= 11 is 6.53. The number of carbonyl (C=O) groups is 1. The molecule has 0 bridgehead atoms. The van der Waals surface area contributed by atoms with E-state index >= 15 is 0 Å². The van der Waals surface area contributed by atoms with E-state index in [-0.39, 0.29) is 17.2 Å². The number of nitrogens with zero attached hydrogens (tertiary/aromatic N) is 2. The maximum Gasteiger partial charge on any atom is 0.282 e. The average molecular weight is 512 g/mol. The van der Waals surface area contributed by atoms with Crippen LogP contribution in [-0.4, -0.2) is 49.6 Å². The zero-order valence-electron chi connectivity index (χ0n) is 20.2. The summed E-state index contributed by atoms with van der Waals surface area (Å²) in [5.74, 6) is 2.33.